The zero-order valence-corrected chi connectivity index (χ0v) is 9.51. The minimum Gasteiger partial charge on any atom is -0.396 e. The second kappa shape index (κ2) is 3.86. The van der Waals surface area contributed by atoms with Crippen LogP contribution in [0.4, 0.5) is 5.69 Å². The van der Waals surface area contributed by atoms with Gasteiger partial charge in [-0.25, -0.2) is 0 Å². The summed E-state index contributed by atoms with van der Waals surface area (Å²) in [6.45, 7) is 5.45. The summed E-state index contributed by atoms with van der Waals surface area (Å²) in [7, 11) is 0. The lowest BCUT2D eigenvalue weighted by molar-refractivity contribution is 0.220. The number of hydrogen-bond donors (Lipinski definition) is 2. The van der Waals surface area contributed by atoms with Crippen LogP contribution < -0.4 is 5.32 Å². The summed E-state index contributed by atoms with van der Waals surface area (Å²) in [6, 6.07) is 6.41. The minimum absolute atomic E-state index is 0.179. The van der Waals surface area contributed by atoms with Crippen molar-refractivity contribution in [2.45, 2.75) is 26.7 Å². The zero-order chi connectivity index (χ0) is 10.9. The Morgan fingerprint density at radius 2 is 2.00 bits per heavy atom. The summed E-state index contributed by atoms with van der Waals surface area (Å²) >= 11 is 0. The number of anilines is 1. The maximum Gasteiger partial charge on any atom is 0.0504 e. The smallest absolute Gasteiger partial charge is 0.0504 e. The van der Waals surface area contributed by atoms with Gasteiger partial charge in [0, 0.05) is 17.6 Å². The molecule has 0 heterocycles. The van der Waals surface area contributed by atoms with Gasteiger partial charge in [-0.15, -0.1) is 0 Å². The molecule has 0 saturated heterocycles. The quantitative estimate of drug-likeness (QED) is 0.791. The Hall–Kier alpha value is -1.02. The van der Waals surface area contributed by atoms with Crippen molar-refractivity contribution in [3.63, 3.8) is 0 Å². The van der Waals surface area contributed by atoms with Gasteiger partial charge in [-0.2, -0.15) is 0 Å². The Morgan fingerprint density at radius 1 is 1.27 bits per heavy atom. The average Bonchev–Trinajstić information content (AvgIpc) is 3.01. The van der Waals surface area contributed by atoms with E-state index in [-0.39, 0.29) is 5.41 Å². The van der Waals surface area contributed by atoms with Crippen LogP contribution in [0.15, 0.2) is 18.2 Å². The normalized spacial score (nSPS) is 17.5. The van der Waals surface area contributed by atoms with Gasteiger partial charge < -0.3 is 10.4 Å². The van der Waals surface area contributed by atoms with Gasteiger partial charge >= 0.3 is 0 Å². The average molecular weight is 205 g/mol. The highest BCUT2D eigenvalue weighted by Crippen LogP contribution is 2.44. The van der Waals surface area contributed by atoms with Gasteiger partial charge in [0.1, 0.15) is 0 Å². The van der Waals surface area contributed by atoms with Crippen LogP contribution in [-0.4, -0.2) is 18.3 Å². The maximum atomic E-state index is 9.19. The summed E-state index contributed by atoms with van der Waals surface area (Å²) in [6.07, 6.45) is 2.31. The third kappa shape index (κ3) is 2.32. The number of hydrogen-bond acceptors (Lipinski definition) is 2. The van der Waals surface area contributed by atoms with Crippen molar-refractivity contribution in [3.8, 4) is 0 Å². The topological polar surface area (TPSA) is 32.3 Å². The number of nitrogens with one attached hydrogen (secondary N) is 1. The van der Waals surface area contributed by atoms with Crippen LogP contribution in [0.3, 0.4) is 0 Å². The highest BCUT2D eigenvalue weighted by atomic mass is 16.3. The molecule has 0 unspecified atom stereocenters. The van der Waals surface area contributed by atoms with Crippen LogP contribution in [0, 0.1) is 19.3 Å². The fourth-order valence-corrected chi connectivity index (χ4v) is 1.71. The van der Waals surface area contributed by atoms with Crippen molar-refractivity contribution in [1.82, 2.24) is 0 Å². The van der Waals surface area contributed by atoms with Crippen LogP contribution in [-0.2, 0) is 0 Å². The summed E-state index contributed by atoms with van der Waals surface area (Å²) in [5, 5.41) is 12.6. The first-order valence-electron chi connectivity index (χ1n) is 5.57. The molecule has 2 heteroatoms. The highest BCUT2D eigenvalue weighted by molar-refractivity contribution is 5.48. The van der Waals surface area contributed by atoms with Crippen LogP contribution >= 0.6 is 0 Å². The van der Waals surface area contributed by atoms with Gasteiger partial charge in [-0.1, -0.05) is 6.07 Å². The Kier molecular flexibility index (Phi) is 2.70. The van der Waals surface area contributed by atoms with E-state index in [1.807, 2.05) is 0 Å². The number of aryl methyl sites for hydroxylation is 2. The van der Waals surface area contributed by atoms with E-state index in [0.717, 1.165) is 25.1 Å². The van der Waals surface area contributed by atoms with Crippen molar-refractivity contribution in [1.29, 1.82) is 0 Å². The predicted octanol–water partition coefficient (Wildman–Crippen LogP) is 2.49. The lowest BCUT2D eigenvalue weighted by Crippen LogP contribution is -2.19. The standard InChI is InChI=1S/C13H19NO/c1-10-3-4-12(7-11(10)2)14-8-13(9-15)5-6-13/h3-4,7,14-15H,5-6,8-9H2,1-2H3. The van der Waals surface area contributed by atoms with Crippen LogP contribution in [0.25, 0.3) is 0 Å². The molecule has 0 spiro atoms. The van der Waals surface area contributed by atoms with E-state index in [0.29, 0.717) is 6.61 Å². The molecule has 1 fully saturated rings. The van der Waals surface area contributed by atoms with E-state index in [9.17, 15) is 5.11 Å². The second-order valence-corrected chi connectivity index (χ2v) is 4.81. The SMILES string of the molecule is Cc1ccc(NCC2(CO)CC2)cc1C. The first kappa shape index (κ1) is 10.5. The molecule has 15 heavy (non-hydrogen) atoms. The molecule has 2 rings (SSSR count). The van der Waals surface area contributed by atoms with Crippen molar-refractivity contribution in [2.75, 3.05) is 18.5 Å². The molecule has 0 atom stereocenters. The van der Waals surface area contributed by atoms with Crippen molar-refractivity contribution in [2.24, 2.45) is 5.41 Å². The molecule has 82 valence electrons. The Balaban J connectivity index is 1.96. The fraction of sp³-hybridized carbons (Fsp3) is 0.538. The molecule has 1 aromatic carbocycles. The Morgan fingerprint density at radius 3 is 2.53 bits per heavy atom. The first-order valence-corrected chi connectivity index (χ1v) is 5.57. The van der Waals surface area contributed by atoms with Crippen molar-refractivity contribution < 1.29 is 5.11 Å². The van der Waals surface area contributed by atoms with Gasteiger partial charge in [-0.05, 0) is 49.9 Å². The second-order valence-electron chi connectivity index (χ2n) is 4.81. The fourth-order valence-electron chi connectivity index (χ4n) is 1.71. The summed E-state index contributed by atoms with van der Waals surface area (Å²) in [5.41, 5.74) is 3.98. The largest absolute Gasteiger partial charge is 0.396 e. The highest BCUT2D eigenvalue weighted by Gasteiger charge is 2.41. The van der Waals surface area contributed by atoms with E-state index in [1.54, 1.807) is 0 Å². The summed E-state index contributed by atoms with van der Waals surface area (Å²) in [4.78, 5) is 0. The molecular weight excluding hydrogens is 186 g/mol. The third-order valence-corrected chi connectivity index (χ3v) is 3.47. The number of aliphatic hydroxyl groups is 1. The Labute approximate surface area is 91.3 Å². The lowest BCUT2D eigenvalue weighted by Gasteiger charge is -2.14. The molecule has 0 radical (unpaired) electrons. The number of rotatable bonds is 4. The molecule has 1 aliphatic carbocycles. The minimum atomic E-state index is 0.179. The van der Waals surface area contributed by atoms with Gasteiger partial charge in [0.05, 0.1) is 6.61 Å². The zero-order valence-electron chi connectivity index (χ0n) is 9.51. The van der Waals surface area contributed by atoms with Crippen LogP contribution in [0.2, 0.25) is 0 Å². The molecular formula is C13H19NO. The first-order chi connectivity index (χ1) is 7.15. The molecule has 2 nitrogen and oxygen atoms in total. The van der Waals surface area contributed by atoms with E-state index in [1.165, 1.54) is 11.1 Å². The molecule has 1 saturated carbocycles. The van der Waals surface area contributed by atoms with Gasteiger partial charge in [0.15, 0.2) is 0 Å². The maximum absolute atomic E-state index is 9.19. The Bertz CT molecular complexity index is 356. The lowest BCUT2D eigenvalue weighted by atomic mass is 10.1. The number of benzene rings is 1. The molecule has 2 N–H and O–H groups in total. The van der Waals surface area contributed by atoms with E-state index < -0.39 is 0 Å². The molecule has 0 aromatic heterocycles. The van der Waals surface area contributed by atoms with Gasteiger partial charge in [0.2, 0.25) is 0 Å². The molecule has 0 bridgehead atoms. The molecule has 1 aromatic rings. The van der Waals surface area contributed by atoms with Gasteiger partial charge in [-0.3, -0.25) is 0 Å². The van der Waals surface area contributed by atoms with E-state index in [4.69, 9.17) is 0 Å². The van der Waals surface area contributed by atoms with Crippen molar-refractivity contribution >= 4 is 5.69 Å². The molecule has 0 aliphatic heterocycles. The predicted molar refractivity (Wildman–Crippen MR) is 63.2 cm³/mol. The summed E-state index contributed by atoms with van der Waals surface area (Å²) < 4.78 is 0. The molecule has 0 amide bonds. The monoisotopic (exact) mass is 205 g/mol. The number of aliphatic hydroxyl groups excluding tert-OH is 1. The van der Waals surface area contributed by atoms with Crippen LogP contribution in [0.1, 0.15) is 24.0 Å². The van der Waals surface area contributed by atoms with E-state index in [2.05, 4.69) is 37.4 Å². The third-order valence-electron chi connectivity index (χ3n) is 3.47. The molecule has 1 aliphatic rings. The van der Waals surface area contributed by atoms with Crippen molar-refractivity contribution in [3.05, 3.63) is 29.3 Å². The van der Waals surface area contributed by atoms with Gasteiger partial charge in [0.25, 0.3) is 0 Å². The van der Waals surface area contributed by atoms with Crippen LogP contribution in [0.5, 0.6) is 0 Å². The van der Waals surface area contributed by atoms with E-state index >= 15 is 0 Å². The summed E-state index contributed by atoms with van der Waals surface area (Å²) in [5.74, 6) is 0.